The lowest BCUT2D eigenvalue weighted by atomic mass is 9.94. The van der Waals surface area contributed by atoms with Gasteiger partial charge in [0.25, 0.3) is 0 Å². The van der Waals surface area contributed by atoms with Crippen LogP contribution in [0.4, 0.5) is 4.79 Å². The van der Waals surface area contributed by atoms with Crippen LogP contribution in [0.2, 0.25) is 0 Å². The summed E-state index contributed by atoms with van der Waals surface area (Å²) in [5, 5.41) is 3.08. The van der Waals surface area contributed by atoms with Crippen molar-refractivity contribution in [2.75, 3.05) is 32.9 Å². The van der Waals surface area contributed by atoms with E-state index in [0.29, 0.717) is 26.3 Å². The molecule has 3 fully saturated rings. The van der Waals surface area contributed by atoms with Gasteiger partial charge in [0, 0.05) is 6.61 Å². The molecule has 0 aromatic heterocycles. The highest BCUT2D eigenvalue weighted by Gasteiger charge is 2.47. The molecule has 2 heterocycles. The molecule has 0 radical (unpaired) electrons. The van der Waals surface area contributed by atoms with Gasteiger partial charge in [0.1, 0.15) is 0 Å². The number of hydrogen-bond donors (Lipinski definition) is 1. The molecule has 3 rings (SSSR count). The zero-order valence-corrected chi connectivity index (χ0v) is 15.3. The van der Waals surface area contributed by atoms with Gasteiger partial charge in [-0.05, 0) is 40.0 Å². The number of carbonyl (C=O) groups is 1. The molecule has 0 aromatic carbocycles. The van der Waals surface area contributed by atoms with E-state index in [1.165, 1.54) is 12.8 Å². The van der Waals surface area contributed by atoms with E-state index in [2.05, 4.69) is 19.2 Å². The molecule has 138 valence electrons. The number of carbonyl (C=O) groups excluding carboxylic acids is 1. The van der Waals surface area contributed by atoms with E-state index in [1.54, 1.807) is 0 Å². The second kappa shape index (κ2) is 7.18. The molecule has 6 nitrogen and oxygen atoms in total. The highest BCUT2D eigenvalue weighted by Crippen LogP contribution is 2.40. The third-order valence-corrected chi connectivity index (χ3v) is 5.19. The highest BCUT2D eigenvalue weighted by molar-refractivity contribution is 5.74. The van der Waals surface area contributed by atoms with Crippen molar-refractivity contribution in [1.82, 2.24) is 10.2 Å². The van der Waals surface area contributed by atoms with Crippen LogP contribution < -0.4 is 5.32 Å². The summed E-state index contributed by atoms with van der Waals surface area (Å²) in [6.45, 7) is 9.45. The molecule has 1 N–H and O–H groups in total. The summed E-state index contributed by atoms with van der Waals surface area (Å²) < 4.78 is 17.5. The quantitative estimate of drug-likeness (QED) is 0.853. The lowest BCUT2D eigenvalue weighted by Gasteiger charge is -2.48. The Bertz CT molecular complexity index is 442. The lowest BCUT2D eigenvalue weighted by molar-refractivity contribution is -0.184. The minimum absolute atomic E-state index is 0.00331. The van der Waals surface area contributed by atoms with Crippen molar-refractivity contribution in [1.29, 1.82) is 0 Å². The maximum absolute atomic E-state index is 12.7. The summed E-state index contributed by atoms with van der Waals surface area (Å²) in [4.78, 5) is 14.6. The maximum atomic E-state index is 12.7. The van der Waals surface area contributed by atoms with Gasteiger partial charge in [0.05, 0.1) is 49.7 Å². The largest absolute Gasteiger partial charge is 0.379 e. The second-order valence-corrected chi connectivity index (χ2v) is 8.28. The van der Waals surface area contributed by atoms with Crippen molar-refractivity contribution >= 4 is 6.03 Å². The molecular formula is C18H32N2O4. The molecule has 2 atom stereocenters. The Balaban J connectivity index is 1.51. The summed E-state index contributed by atoms with van der Waals surface area (Å²) in [6.07, 6.45) is 5.62. The van der Waals surface area contributed by atoms with Gasteiger partial charge in [-0.3, -0.25) is 0 Å². The van der Waals surface area contributed by atoms with E-state index in [0.717, 1.165) is 25.9 Å². The zero-order valence-electron chi connectivity index (χ0n) is 15.3. The van der Waals surface area contributed by atoms with Crippen LogP contribution in [0.25, 0.3) is 0 Å². The summed E-state index contributed by atoms with van der Waals surface area (Å²) in [7, 11) is 0. The highest BCUT2D eigenvalue weighted by atomic mass is 16.5. The maximum Gasteiger partial charge on any atom is 0.317 e. The topological polar surface area (TPSA) is 60.0 Å². The molecule has 24 heavy (non-hydrogen) atoms. The standard InChI is InChI=1S/C18H32N2O4/c1-14(10-23-15-6-9-22-11-15)19-16(21)20-12-17(2,3)24-18(13-20)7-4-5-8-18/h14-15H,4-13H2,1-3H3,(H,19,21)/t14-,15-/m1/s1. The lowest BCUT2D eigenvalue weighted by Crippen LogP contribution is -2.62. The monoisotopic (exact) mass is 340 g/mol. The van der Waals surface area contributed by atoms with Crippen LogP contribution in [0.5, 0.6) is 0 Å². The van der Waals surface area contributed by atoms with Crippen molar-refractivity contribution in [3.8, 4) is 0 Å². The van der Waals surface area contributed by atoms with Gasteiger partial charge < -0.3 is 24.4 Å². The molecule has 2 amide bonds. The molecule has 3 aliphatic rings. The third-order valence-electron chi connectivity index (χ3n) is 5.19. The van der Waals surface area contributed by atoms with Crippen LogP contribution >= 0.6 is 0 Å². The third kappa shape index (κ3) is 4.41. The molecule has 0 bridgehead atoms. The van der Waals surface area contributed by atoms with Crippen molar-refractivity contribution in [3.63, 3.8) is 0 Å². The predicted octanol–water partition coefficient (Wildman–Crippen LogP) is 2.31. The van der Waals surface area contributed by atoms with Crippen LogP contribution in [-0.2, 0) is 14.2 Å². The second-order valence-electron chi connectivity index (χ2n) is 8.28. The molecule has 0 unspecified atom stereocenters. The van der Waals surface area contributed by atoms with Gasteiger partial charge >= 0.3 is 6.03 Å². The van der Waals surface area contributed by atoms with Gasteiger partial charge in [-0.1, -0.05) is 12.8 Å². The fourth-order valence-electron chi connectivity index (χ4n) is 4.21. The number of amides is 2. The van der Waals surface area contributed by atoms with E-state index in [4.69, 9.17) is 14.2 Å². The number of ether oxygens (including phenoxy) is 3. The Kier molecular flexibility index (Phi) is 5.37. The molecule has 6 heteroatoms. The first kappa shape index (κ1) is 18.0. The number of morpholine rings is 1. The average Bonchev–Trinajstić information content (AvgIpc) is 3.15. The Hall–Kier alpha value is -0.850. The van der Waals surface area contributed by atoms with E-state index >= 15 is 0 Å². The summed E-state index contributed by atoms with van der Waals surface area (Å²) >= 11 is 0. The first-order chi connectivity index (χ1) is 11.4. The van der Waals surface area contributed by atoms with Crippen molar-refractivity contribution in [2.24, 2.45) is 0 Å². The summed E-state index contributed by atoms with van der Waals surface area (Å²) in [6, 6.07) is -0.0139. The van der Waals surface area contributed by atoms with Gasteiger partial charge in [0.2, 0.25) is 0 Å². The molecule has 2 saturated heterocycles. The van der Waals surface area contributed by atoms with E-state index in [1.807, 2.05) is 11.8 Å². The fraction of sp³-hybridized carbons (Fsp3) is 0.944. The van der Waals surface area contributed by atoms with Crippen LogP contribution in [0.15, 0.2) is 0 Å². The average molecular weight is 340 g/mol. The Morgan fingerprint density at radius 2 is 2.08 bits per heavy atom. The molecule has 2 aliphatic heterocycles. The molecular weight excluding hydrogens is 308 g/mol. The zero-order chi connectivity index (χ0) is 17.2. The minimum atomic E-state index is -0.291. The Morgan fingerprint density at radius 1 is 1.33 bits per heavy atom. The molecule has 1 aliphatic carbocycles. The number of urea groups is 1. The van der Waals surface area contributed by atoms with Crippen LogP contribution in [-0.4, -0.2) is 67.2 Å². The van der Waals surface area contributed by atoms with E-state index < -0.39 is 0 Å². The normalized spacial score (nSPS) is 29.8. The summed E-state index contributed by atoms with van der Waals surface area (Å²) in [5.41, 5.74) is -0.430. The fourth-order valence-corrected chi connectivity index (χ4v) is 4.21. The number of hydrogen-bond acceptors (Lipinski definition) is 4. The number of nitrogens with one attached hydrogen (secondary N) is 1. The van der Waals surface area contributed by atoms with E-state index in [-0.39, 0.29) is 29.4 Å². The molecule has 0 aromatic rings. The van der Waals surface area contributed by atoms with Crippen LogP contribution in [0, 0.1) is 0 Å². The minimum Gasteiger partial charge on any atom is -0.379 e. The van der Waals surface area contributed by atoms with Crippen molar-refractivity contribution < 1.29 is 19.0 Å². The van der Waals surface area contributed by atoms with Crippen molar-refractivity contribution in [2.45, 2.75) is 76.2 Å². The van der Waals surface area contributed by atoms with Gasteiger partial charge in [-0.25, -0.2) is 4.79 Å². The van der Waals surface area contributed by atoms with Crippen LogP contribution in [0.3, 0.4) is 0 Å². The number of nitrogens with zero attached hydrogens (tertiary/aromatic N) is 1. The first-order valence-electron chi connectivity index (χ1n) is 9.33. The predicted molar refractivity (Wildman–Crippen MR) is 91.1 cm³/mol. The van der Waals surface area contributed by atoms with Gasteiger partial charge in [0.15, 0.2) is 0 Å². The molecule has 1 spiro atoms. The Labute approximate surface area is 145 Å². The molecule has 1 saturated carbocycles. The smallest absolute Gasteiger partial charge is 0.317 e. The van der Waals surface area contributed by atoms with Gasteiger partial charge in [-0.2, -0.15) is 0 Å². The Morgan fingerprint density at radius 3 is 2.75 bits per heavy atom. The summed E-state index contributed by atoms with van der Waals surface area (Å²) in [5.74, 6) is 0. The first-order valence-corrected chi connectivity index (χ1v) is 9.33. The number of rotatable bonds is 4. The van der Waals surface area contributed by atoms with E-state index in [9.17, 15) is 4.79 Å². The van der Waals surface area contributed by atoms with Crippen molar-refractivity contribution in [3.05, 3.63) is 0 Å². The van der Waals surface area contributed by atoms with Gasteiger partial charge in [-0.15, -0.1) is 0 Å². The SMILES string of the molecule is C[C@H](CO[C@@H]1CCOC1)NC(=O)N1CC(C)(C)OC2(CCCC2)C1. The van der Waals surface area contributed by atoms with Crippen LogP contribution in [0.1, 0.15) is 52.9 Å².